The average Bonchev–Trinajstić information content (AvgIpc) is 2.33. The van der Waals surface area contributed by atoms with E-state index in [0.29, 0.717) is 5.56 Å². The highest BCUT2D eigenvalue weighted by atomic mass is 16.4. The Labute approximate surface area is 99.0 Å². The van der Waals surface area contributed by atoms with Gasteiger partial charge in [0.15, 0.2) is 0 Å². The van der Waals surface area contributed by atoms with E-state index in [1.54, 1.807) is 0 Å². The third kappa shape index (κ3) is 3.17. The maximum atomic E-state index is 11.8. The molecule has 1 fully saturated rings. The number of rotatable bonds is 2. The van der Waals surface area contributed by atoms with Gasteiger partial charge in [-0.1, -0.05) is 0 Å². The number of carbonyl (C=O) groups is 1. The lowest BCUT2D eigenvalue weighted by Crippen LogP contribution is -2.40. The Balaban J connectivity index is 1.93. The van der Waals surface area contributed by atoms with E-state index in [0.717, 1.165) is 25.7 Å². The van der Waals surface area contributed by atoms with Crippen LogP contribution < -0.4 is 16.7 Å². The van der Waals surface area contributed by atoms with Crippen molar-refractivity contribution >= 4 is 5.91 Å². The Bertz CT molecular complexity index is 427. The third-order valence-electron chi connectivity index (χ3n) is 3.07. The summed E-state index contributed by atoms with van der Waals surface area (Å²) in [5.41, 5.74) is 5.71. The first-order valence-electron chi connectivity index (χ1n) is 5.80. The van der Waals surface area contributed by atoms with Gasteiger partial charge in [0, 0.05) is 18.2 Å². The summed E-state index contributed by atoms with van der Waals surface area (Å²) in [5, 5.41) is 2.92. The minimum atomic E-state index is -0.454. The van der Waals surface area contributed by atoms with E-state index in [1.807, 2.05) is 0 Å². The minimum Gasteiger partial charge on any atom is -0.430 e. The lowest BCUT2D eigenvalue weighted by molar-refractivity contribution is 0.0923. The van der Waals surface area contributed by atoms with Gasteiger partial charge in [-0.25, -0.2) is 4.79 Å². The van der Waals surface area contributed by atoms with Crippen LogP contribution in [0.4, 0.5) is 0 Å². The second-order valence-corrected chi connectivity index (χ2v) is 4.43. The molecule has 1 aliphatic rings. The van der Waals surface area contributed by atoms with Gasteiger partial charge in [-0.3, -0.25) is 4.79 Å². The Morgan fingerprint density at radius 1 is 1.29 bits per heavy atom. The number of carbonyl (C=O) groups excluding carboxylic acids is 1. The zero-order valence-corrected chi connectivity index (χ0v) is 9.52. The molecule has 0 radical (unpaired) electrons. The number of hydrogen-bond acceptors (Lipinski definition) is 4. The maximum Gasteiger partial charge on any atom is 0.335 e. The van der Waals surface area contributed by atoms with Gasteiger partial charge in [-0.05, 0) is 31.7 Å². The summed E-state index contributed by atoms with van der Waals surface area (Å²) in [4.78, 5) is 22.6. The number of nitrogens with two attached hydrogens (primary N) is 1. The molecule has 0 saturated heterocycles. The SMILES string of the molecule is NC1CCC(NC(=O)c2ccc(=O)oc2)CC1. The van der Waals surface area contributed by atoms with Crippen molar-refractivity contribution in [2.45, 2.75) is 37.8 Å². The second kappa shape index (κ2) is 5.14. The molecular formula is C12H16N2O3. The quantitative estimate of drug-likeness (QED) is 0.789. The monoisotopic (exact) mass is 236 g/mol. The van der Waals surface area contributed by atoms with Crippen molar-refractivity contribution in [2.24, 2.45) is 5.73 Å². The Morgan fingerprint density at radius 3 is 2.59 bits per heavy atom. The summed E-state index contributed by atoms with van der Waals surface area (Å²) in [5.74, 6) is -0.200. The van der Waals surface area contributed by atoms with E-state index < -0.39 is 5.63 Å². The van der Waals surface area contributed by atoms with Crippen molar-refractivity contribution in [3.05, 3.63) is 34.4 Å². The predicted octanol–water partition coefficient (Wildman–Crippen LogP) is 0.639. The highest BCUT2D eigenvalue weighted by Gasteiger charge is 2.20. The molecule has 3 N–H and O–H groups in total. The lowest BCUT2D eigenvalue weighted by Gasteiger charge is -2.26. The van der Waals surface area contributed by atoms with E-state index in [1.165, 1.54) is 18.4 Å². The molecule has 0 aromatic carbocycles. The second-order valence-electron chi connectivity index (χ2n) is 4.43. The van der Waals surface area contributed by atoms with E-state index >= 15 is 0 Å². The van der Waals surface area contributed by atoms with Crippen molar-refractivity contribution in [1.29, 1.82) is 0 Å². The normalized spacial score (nSPS) is 24.3. The van der Waals surface area contributed by atoms with Crippen LogP contribution in [0.1, 0.15) is 36.0 Å². The molecule has 1 aromatic heterocycles. The van der Waals surface area contributed by atoms with Crippen LogP contribution in [0.25, 0.3) is 0 Å². The van der Waals surface area contributed by atoms with Crippen LogP contribution in [0, 0.1) is 0 Å². The van der Waals surface area contributed by atoms with E-state index in [9.17, 15) is 9.59 Å². The van der Waals surface area contributed by atoms with E-state index in [-0.39, 0.29) is 18.0 Å². The summed E-state index contributed by atoms with van der Waals surface area (Å²) in [6.45, 7) is 0. The molecule has 0 aliphatic heterocycles. The Kier molecular flexibility index (Phi) is 3.58. The van der Waals surface area contributed by atoms with Crippen LogP contribution in [-0.4, -0.2) is 18.0 Å². The van der Waals surface area contributed by atoms with E-state index in [2.05, 4.69) is 9.73 Å². The number of nitrogens with one attached hydrogen (secondary N) is 1. The van der Waals surface area contributed by atoms with Gasteiger partial charge in [0.2, 0.25) is 0 Å². The van der Waals surface area contributed by atoms with Crippen molar-refractivity contribution in [1.82, 2.24) is 5.32 Å². The predicted molar refractivity (Wildman–Crippen MR) is 62.7 cm³/mol. The van der Waals surface area contributed by atoms with Gasteiger partial charge in [0.25, 0.3) is 5.91 Å². The largest absolute Gasteiger partial charge is 0.430 e. The Hall–Kier alpha value is -1.62. The van der Waals surface area contributed by atoms with Gasteiger partial charge in [0.1, 0.15) is 6.26 Å². The van der Waals surface area contributed by atoms with Crippen LogP contribution in [-0.2, 0) is 0 Å². The molecule has 0 atom stereocenters. The first-order chi connectivity index (χ1) is 8.15. The smallest absolute Gasteiger partial charge is 0.335 e. The fraction of sp³-hybridized carbons (Fsp3) is 0.500. The summed E-state index contributed by atoms with van der Waals surface area (Å²) >= 11 is 0. The molecule has 1 amide bonds. The molecule has 1 saturated carbocycles. The molecule has 17 heavy (non-hydrogen) atoms. The lowest BCUT2D eigenvalue weighted by atomic mass is 9.92. The molecule has 2 rings (SSSR count). The maximum absolute atomic E-state index is 11.8. The fourth-order valence-corrected chi connectivity index (χ4v) is 2.02. The fourth-order valence-electron chi connectivity index (χ4n) is 2.02. The van der Waals surface area contributed by atoms with Crippen LogP contribution in [0.15, 0.2) is 27.6 Å². The highest BCUT2D eigenvalue weighted by Crippen LogP contribution is 2.17. The van der Waals surface area contributed by atoms with Crippen molar-refractivity contribution in [2.75, 3.05) is 0 Å². The summed E-state index contributed by atoms with van der Waals surface area (Å²) < 4.78 is 4.65. The van der Waals surface area contributed by atoms with Gasteiger partial charge < -0.3 is 15.5 Å². The molecule has 92 valence electrons. The molecule has 5 heteroatoms. The molecule has 1 aromatic rings. The highest BCUT2D eigenvalue weighted by molar-refractivity contribution is 5.93. The topological polar surface area (TPSA) is 85.3 Å². The number of hydrogen-bond donors (Lipinski definition) is 2. The van der Waals surface area contributed by atoms with Crippen LogP contribution in [0.2, 0.25) is 0 Å². The first-order valence-corrected chi connectivity index (χ1v) is 5.80. The summed E-state index contributed by atoms with van der Waals surface area (Å²) in [6, 6.07) is 3.15. The molecule has 0 bridgehead atoms. The third-order valence-corrected chi connectivity index (χ3v) is 3.07. The first kappa shape index (κ1) is 11.9. The molecular weight excluding hydrogens is 220 g/mol. The van der Waals surface area contributed by atoms with Gasteiger partial charge in [-0.2, -0.15) is 0 Å². The average molecular weight is 236 g/mol. The van der Waals surface area contributed by atoms with Gasteiger partial charge in [-0.15, -0.1) is 0 Å². The molecule has 0 unspecified atom stereocenters. The zero-order chi connectivity index (χ0) is 12.3. The van der Waals surface area contributed by atoms with Crippen LogP contribution in [0.3, 0.4) is 0 Å². The van der Waals surface area contributed by atoms with Crippen molar-refractivity contribution in [3.8, 4) is 0 Å². The van der Waals surface area contributed by atoms with Crippen LogP contribution in [0.5, 0.6) is 0 Å². The summed E-state index contributed by atoms with van der Waals surface area (Å²) in [7, 11) is 0. The Morgan fingerprint density at radius 2 is 2.00 bits per heavy atom. The zero-order valence-electron chi connectivity index (χ0n) is 9.52. The molecule has 5 nitrogen and oxygen atoms in total. The van der Waals surface area contributed by atoms with E-state index in [4.69, 9.17) is 5.73 Å². The van der Waals surface area contributed by atoms with Crippen LogP contribution >= 0.6 is 0 Å². The van der Waals surface area contributed by atoms with Gasteiger partial charge in [0.05, 0.1) is 5.56 Å². The molecule has 1 aliphatic carbocycles. The van der Waals surface area contributed by atoms with Crippen molar-refractivity contribution < 1.29 is 9.21 Å². The number of amides is 1. The molecule has 1 heterocycles. The molecule has 0 spiro atoms. The van der Waals surface area contributed by atoms with Crippen molar-refractivity contribution in [3.63, 3.8) is 0 Å². The van der Waals surface area contributed by atoms with Gasteiger partial charge >= 0.3 is 5.63 Å². The standard InChI is InChI=1S/C12H16N2O3/c13-9-2-4-10(5-3-9)14-12(16)8-1-6-11(15)17-7-8/h1,6-7,9-10H,2-5,13H2,(H,14,16). The summed E-state index contributed by atoms with van der Waals surface area (Å²) in [6.07, 6.45) is 4.88. The minimum absolute atomic E-state index is 0.175.